The Morgan fingerprint density at radius 3 is 2.37 bits per heavy atom. The van der Waals surface area contributed by atoms with Crippen LogP contribution in [0.4, 0.5) is 0 Å². The Labute approximate surface area is 165 Å². The molecule has 2 aromatic rings. The molecule has 1 N–H and O–H groups in total. The van der Waals surface area contributed by atoms with Crippen molar-refractivity contribution in [3.8, 4) is 0 Å². The fourth-order valence-electron chi connectivity index (χ4n) is 3.64. The summed E-state index contributed by atoms with van der Waals surface area (Å²) in [6.45, 7) is 0. The Kier molecular flexibility index (Phi) is 4.60. The van der Waals surface area contributed by atoms with Crippen LogP contribution in [0.2, 0.25) is 0 Å². The van der Waals surface area contributed by atoms with Crippen molar-refractivity contribution in [3.63, 3.8) is 0 Å². The van der Waals surface area contributed by atoms with Crippen LogP contribution < -0.4 is 5.32 Å². The summed E-state index contributed by atoms with van der Waals surface area (Å²) in [4.78, 5) is 38.2. The predicted molar refractivity (Wildman–Crippen MR) is 105 cm³/mol. The molecular weight excluding hydrogens is 408 g/mol. The van der Waals surface area contributed by atoms with Gasteiger partial charge in [-0.05, 0) is 54.7 Å². The summed E-state index contributed by atoms with van der Waals surface area (Å²) in [5.41, 5.74) is 2.11. The molecule has 1 aliphatic carbocycles. The van der Waals surface area contributed by atoms with E-state index in [1.807, 2.05) is 24.3 Å². The third kappa shape index (κ3) is 3.18. The van der Waals surface area contributed by atoms with E-state index in [9.17, 15) is 14.4 Å². The zero-order chi connectivity index (χ0) is 19.1. The van der Waals surface area contributed by atoms with Crippen molar-refractivity contribution in [2.75, 3.05) is 7.05 Å². The van der Waals surface area contributed by atoms with Gasteiger partial charge in [-0.3, -0.25) is 19.3 Å². The van der Waals surface area contributed by atoms with Crippen LogP contribution in [0, 0.1) is 5.92 Å². The molecule has 0 aromatic heterocycles. The maximum Gasteiger partial charge on any atom is 0.261 e. The minimum absolute atomic E-state index is 0.0624. The smallest absolute Gasteiger partial charge is 0.261 e. The van der Waals surface area contributed by atoms with E-state index in [4.69, 9.17) is 0 Å². The topological polar surface area (TPSA) is 66.5 Å². The van der Waals surface area contributed by atoms with E-state index in [2.05, 4.69) is 21.2 Å². The zero-order valence-corrected chi connectivity index (χ0v) is 16.5. The number of rotatable bonds is 4. The second kappa shape index (κ2) is 6.93. The van der Waals surface area contributed by atoms with Crippen molar-refractivity contribution in [1.29, 1.82) is 0 Å². The van der Waals surface area contributed by atoms with Crippen molar-refractivity contribution >= 4 is 33.7 Å². The molecule has 1 fully saturated rings. The fraction of sp³-hybridized carbons (Fsp3) is 0.286. The maximum atomic E-state index is 12.9. The van der Waals surface area contributed by atoms with Gasteiger partial charge in [0.25, 0.3) is 17.7 Å². The normalized spacial score (nSPS) is 17.5. The summed E-state index contributed by atoms with van der Waals surface area (Å²) >= 11 is 3.44. The van der Waals surface area contributed by atoms with Crippen LogP contribution >= 0.6 is 15.9 Å². The molecule has 0 spiro atoms. The van der Waals surface area contributed by atoms with E-state index in [0.717, 1.165) is 27.8 Å². The van der Waals surface area contributed by atoms with Crippen molar-refractivity contribution < 1.29 is 14.4 Å². The minimum Gasteiger partial charge on any atom is -0.345 e. The Hall–Kier alpha value is -2.47. The Morgan fingerprint density at radius 1 is 1.07 bits per heavy atom. The van der Waals surface area contributed by atoms with Gasteiger partial charge in [0.15, 0.2) is 0 Å². The van der Waals surface area contributed by atoms with Crippen LogP contribution in [0.15, 0.2) is 46.9 Å². The summed E-state index contributed by atoms with van der Waals surface area (Å²) in [6.07, 6.45) is 3.35. The van der Waals surface area contributed by atoms with Crippen molar-refractivity contribution in [3.05, 3.63) is 69.2 Å². The van der Waals surface area contributed by atoms with Gasteiger partial charge in [0, 0.05) is 17.1 Å². The zero-order valence-electron chi connectivity index (χ0n) is 14.9. The minimum atomic E-state index is -0.367. The van der Waals surface area contributed by atoms with E-state index < -0.39 is 0 Å². The van der Waals surface area contributed by atoms with Gasteiger partial charge in [-0.15, -0.1) is 0 Å². The number of imide groups is 1. The number of amides is 3. The average molecular weight is 427 g/mol. The number of fused-ring (bicyclic) bond motifs is 1. The van der Waals surface area contributed by atoms with Crippen molar-refractivity contribution in [2.45, 2.75) is 25.3 Å². The molecule has 0 radical (unpaired) electrons. The molecule has 138 valence electrons. The highest BCUT2D eigenvalue weighted by atomic mass is 79.9. The van der Waals surface area contributed by atoms with Crippen LogP contribution in [0.1, 0.15) is 61.9 Å². The molecule has 1 unspecified atom stereocenters. The summed E-state index contributed by atoms with van der Waals surface area (Å²) < 4.78 is 0.996. The van der Waals surface area contributed by atoms with Gasteiger partial charge in [0.2, 0.25) is 0 Å². The average Bonchev–Trinajstić information content (AvgIpc) is 2.84. The molecule has 1 heterocycles. The lowest BCUT2D eigenvalue weighted by Crippen LogP contribution is -2.36. The lowest BCUT2D eigenvalue weighted by Gasteiger charge is -2.34. The van der Waals surface area contributed by atoms with Gasteiger partial charge in [0.1, 0.15) is 0 Å². The molecule has 6 heteroatoms. The lowest BCUT2D eigenvalue weighted by molar-refractivity contribution is 0.0693. The standard InChI is InChI=1S/C21H19BrN2O3/c1-24-20(26)16-10-7-14(11-17(16)21(24)27)19(25)23-18(12-3-2-4-12)13-5-8-15(22)9-6-13/h5-12,18H,2-4H2,1H3,(H,23,25). The van der Waals surface area contributed by atoms with Crippen LogP contribution in [0.3, 0.4) is 0 Å². The number of hydrogen-bond acceptors (Lipinski definition) is 3. The highest BCUT2D eigenvalue weighted by Crippen LogP contribution is 2.38. The molecule has 27 heavy (non-hydrogen) atoms. The molecule has 1 saturated carbocycles. The first-order valence-electron chi connectivity index (χ1n) is 8.98. The predicted octanol–water partition coefficient (Wildman–Crippen LogP) is 3.95. The summed E-state index contributed by atoms with van der Waals surface area (Å²) in [5, 5.41) is 3.14. The third-order valence-corrected chi connectivity index (χ3v) is 6.02. The first kappa shape index (κ1) is 17.9. The van der Waals surface area contributed by atoms with Gasteiger partial charge >= 0.3 is 0 Å². The number of benzene rings is 2. The first-order valence-corrected chi connectivity index (χ1v) is 9.78. The molecule has 1 aliphatic heterocycles. The highest BCUT2D eigenvalue weighted by Gasteiger charge is 2.34. The molecule has 4 rings (SSSR count). The number of nitrogens with one attached hydrogen (secondary N) is 1. The summed E-state index contributed by atoms with van der Waals surface area (Å²) in [7, 11) is 1.45. The van der Waals surface area contributed by atoms with Crippen molar-refractivity contribution in [2.24, 2.45) is 5.92 Å². The second-order valence-corrected chi connectivity index (χ2v) is 8.04. The number of carbonyl (C=O) groups is 3. The van der Waals surface area contributed by atoms with Gasteiger partial charge in [-0.2, -0.15) is 0 Å². The highest BCUT2D eigenvalue weighted by molar-refractivity contribution is 9.10. The van der Waals surface area contributed by atoms with E-state index in [-0.39, 0.29) is 23.8 Å². The van der Waals surface area contributed by atoms with E-state index in [0.29, 0.717) is 22.6 Å². The lowest BCUT2D eigenvalue weighted by atomic mass is 9.77. The molecule has 0 bridgehead atoms. The first-order chi connectivity index (χ1) is 13.0. The molecule has 3 amide bonds. The SMILES string of the molecule is CN1C(=O)c2ccc(C(=O)NC(c3ccc(Br)cc3)C3CCC3)cc2C1=O. The van der Waals surface area contributed by atoms with Crippen LogP contribution in [-0.4, -0.2) is 29.7 Å². The Bertz CT molecular complexity index is 935. The maximum absolute atomic E-state index is 12.9. The number of nitrogens with zero attached hydrogens (tertiary/aromatic N) is 1. The molecule has 2 aromatic carbocycles. The van der Waals surface area contributed by atoms with Gasteiger partial charge in [0.05, 0.1) is 17.2 Å². The van der Waals surface area contributed by atoms with Gasteiger partial charge in [-0.1, -0.05) is 34.5 Å². The number of halogens is 1. The van der Waals surface area contributed by atoms with Gasteiger partial charge < -0.3 is 5.32 Å². The van der Waals surface area contributed by atoms with E-state index in [1.54, 1.807) is 12.1 Å². The third-order valence-electron chi connectivity index (χ3n) is 5.49. The monoisotopic (exact) mass is 426 g/mol. The van der Waals surface area contributed by atoms with Crippen molar-refractivity contribution in [1.82, 2.24) is 10.2 Å². The fourth-order valence-corrected chi connectivity index (χ4v) is 3.91. The van der Waals surface area contributed by atoms with Crippen LogP contribution in [0.25, 0.3) is 0 Å². The molecule has 1 atom stereocenters. The van der Waals surface area contributed by atoms with Crippen LogP contribution in [-0.2, 0) is 0 Å². The van der Waals surface area contributed by atoms with Gasteiger partial charge in [-0.25, -0.2) is 0 Å². The van der Waals surface area contributed by atoms with E-state index in [1.165, 1.54) is 19.5 Å². The molecule has 2 aliphatic rings. The number of carbonyl (C=O) groups excluding carboxylic acids is 3. The molecular formula is C21H19BrN2O3. The second-order valence-electron chi connectivity index (χ2n) is 7.12. The Morgan fingerprint density at radius 2 is 1.74 bits per heavy atom. The largest absolute Gasteiger partial charge is 0.345 e. The van der Waals surface area contributed by atoms with E-state index >= 15 is 0 Å². The Balaban J connectivity index is 1.59. The summed E-state index contributed by atoms with van der Waals surface area (Å²) in [5.74, 6) is -0.511. The molecule has 0 saturated heterocycles. The quantitative estimate of drug-likeness (QED) is 0.752. The van der Waals surface area contributed by atoms with Crippen LogP contribution in [0.5, 0.6) is 0 Å². The molecule has 5 nitrogen and oxygen atoms in total. The number of hydrogen-bond donors (Lipinski definition) is 1. The summed E-state index contributed by atoms with van der Waals surface area (Å²) in [6, 6.07) is 12.6.